The van der Waals surface area contributed by atoms with Crippen LogP contribution in [-0.2, 0) is 20.9 Å². The highest BCUT2D eigenvalue weighted by atomic mass is 35.5. The van der Waals surface area contributed by atoms with E-state index < -0.39 is 30.0 Å². The zero-order valence-electron chi connectivity index (χ0n) is 13.8. The number of hydrogen-bond donors (Lipinski definition) is 1. The van der Waals surface area contributed by atoms with E-state index in [9.17, 15) is 19.7 Å². The van der Waals surface area contributed by atoms with Crippen molar-refractivity contribution in [1.29, 1.82) is 0 Å². The van der Waals surface area contributed by atoms with Crippen LogP contribution in [0, 0.1) is 10.1 Å². The van der Waals surface area contributed by atoms with Crippen LogP contribution >= 0.6 is 23.2 Å². The number of carbonyl (C=O) groups excluding carboxylic acids is 2. The van der Waals surface area contributed by atoms with E-state index in [0.29, 0.717) is 15.6 Å². The first-order valence-electron chi connectivity index (χ1n) is 7.58. The van der Waals surface area contributed by atoms with E-state index in [1.54, 1.807) is 18.2 Å². The number of halogens is 2. The first kappa shape index (κ1) is 20.5. The fourth-order valence-corrected chi connectivity index (χ4v) is 2.38. The Hall–Kier alpha value is -2.84. The molecule has 0 bridgehead atoms. The standard InChI is InChI=1S/C17H14Cl2N2O6/c18-12-2-1-11(15(19)7-12)8-20-16(22)9-27-17(23)10-26-14-5-3-13(4-6-14)21(24)25/h1-7H,8-10H2,(H,20,22). The van der Waals surface area contributed by atoms with Gasteiger partial charge in [0, 0.05) is 28.7 Å². The molecule has 2 rings (SSSR count). The molecule has 0 aliphatic carbocycles. The van der Waals surface area contributed by atoms with Gasteiger partial charge in [-0.15, -0.1) is 0 Å². The second kappa shape index (κ2) is 9.75. The topological polar surface area (TPSA) is 108 Å². The third-order valence-corrected chi connectivity index (χ3v) is 3.85. The summed E-state index contributed by atoms with van der Waals surface area (Å²) in [4.78, 5) is 33.3. The molecule has 0 saturated carbocycles. The predicted octanol–water partition coefficient (Wildman–Crippen LogP) is 3.14. The van der Waals surface area contributed by atoms with Gasteiger partial charge in [-0.05, 0) is 29.8 Å². The summed E-state index contributed by atoms with van der Waals surface area (Å²) >= 11 is 11.8. The molecular formula is C17H14Cl2N2O6. The number of hydrogen-bond acceptors (Lipinski definition) is 6. The van der Waals surface area contributed by atoms with Gasteiger partial charge in [0.1, 0.15) is 5.75 Å². The van der Waals surface area contributed by atoms with E-state index in [1.807, 2.05) is 0 Å². The third-order valence-electron chi connectivity index (χ3n) is 3.26. The molecule has 10 heteroatoms. The lowest BCUT2D eigenvalue weighted by Gasteiger charge is -2.09. The minimum absolute atomic E-state index is 0.0950. The highest BCUT2D eigenvalue weighted by molar-refractivity contribution is 6.35. The van der Waals surface area contributed by atoms with Gasteiger partial charge in [-0.3, -0.25) is 14.9 Å². The largest absolute Gasteiger partial charge is 0.482 e. The van der Waals surface area contributed by atoms with Gasteiger partial charge in [0.2, 0.25) is 0 Å². The maximum absolute atomic E-state index is 11.7. The Bertz CT molecular complexity index is 842. The molecule has 0 atom stereocenters. The average molecular weight is 413 g/mol. The van der Waals surface area contributed by atoms with Crippen LogP contribution in [0.3, 0.4) is 0 Å². The summed E-state index contributed by atoms with van der Waals surface area (Å²) in [5.41, 5.74) is 0.574. The van der Waals surface area contributed by atoms with Crippen molar-refractivity contribution in [2.75, 3.05) is 13.2 Å². The number of ether oxygens (including phenoxy) is 2. The van der Waals surface area contributed by atoms with E-state index in [1.165, 1.54) is 24.3 Å². The number of rotatable bonds is 8. The molecule has 0 unspecified atom stereocenters. The van der Waals surface area contributed by atoms with Gasteiger partial charge in [0.05, 0.1) is 4.92 Å². The summed E-state index contributed by atoms with van der Waals surface area (Å²) in [5, 5.41) is 14.0. The van der Waals surface area contributed by atoms with E-state index in [2.05, 4.69) is 5.32 Å². The molecule has 0 fully saturated rings. The second-order valence-corrected chi connectivity index (χ2v) is 6.06. The molecule has 2 aromatic carbocycles. The van der Waals surface area contributed by atoms with Crippen LogP contribution in [-0.4, -0.2) is 30.0 Å². The van der Waals surface area contributed by atoms with Gasteiger partial charge in [-0.25, -0.2) is 4.79 Å². The summed E-state index contributed by atoms with van der Waals surface area (Å²) in [6.07, 6.45) is 0. The molecule has 0 aromatic heterocycles. The summed E-state index contributed by atoms with van der Waals surface area (Å²) < 4.78 is 9.92. The van der Waals surface area contributed by atoms with Crippen LogP contribution in [0.5, 0.6) is 5.75 Å². The Balaban J connectivity index is 1.70. The molecule has 8 nitrogen and oxygen atoms in total. The minimum atomic E-state index is -0.756. The molecule has 0 radical (unpaired) electrons. The smallest absolute Gasteiger partial charge is 0.344 e. The molecular weight excluding hydrogens is 399 g/mol. The number of carbonyl (C=O) groups is 2. The van der Waals surface area contributed by atoms with E-state index in [4.69, 9.17) is 32.7 Å². The predicted molar refractivity (Wildman–Crippen MR) is 97.9 cm³/mol. The summed E-state index contributed by atoms with van der Waals surface area (Å²) in [6, 6.07) is 10.1. The van der Waals surface area contributed by atoms with Crippen LogP contribution < -0.4 is 10.1 Å². The van der Waals surface area contributed by atoms with Crippen molar-refractivity contribution in [1.82, 2.24) is 5.32 Å². The van der Waals surface area contributed by atoms with Crippen LogP contribution in [0.25, 0.3) is 0 Å². The van der Waals surface area contributed by atoms with E-state index >= 15 is 0 Å². The lowest BCUT2D eigenvalue weighted by Crippen LogP contribution is -2.29. The van der Waals surface area contributed by atoms with Crippen molar-refractivity contribution in [2.45, 2.75) is 6.54 Å². The van der Waals surface area contributed by atoms with Crippen LogP contribution in [0.1, 0.15) is 5.56 Å². The monoisotopic (exact) mass is 412 g/mol. The van der Waals surface area contributed by atoms with Gasteiger partial charge in [0.25, 0.3) is 11.6 Å². The number of nitrogens with one attached hydrogen (secondary N) is 1. The number of nitro benzene ring substituents is 1. The first-order valence-corrected chi connectivity index (χ1v) is 8.34. The van der Waals surface area contributed by atoms with E-state index in [-0.39, 0.29) is 18.0 Å². The van der Waals surface area contributed by atoms with Crippen molar-refractivity contribution < 1.29 is 24.0 Å². The molecule has 0 heterocycles. The molecule has 0 aliphatic heterocycles. The average Bonchev–Trinajstić information content (AvgIpc) is 2.64. The molecule has 2 aromatic rings. The molecule has 0 saturated heterocycles. The van der Waals surface area contributed by atoms with Gasteiger partial charge in [-0.1, -0.05) is 29.3 Å². The molecule has 27 heavy (non-hydrogen) atoms. The highest BCUT2D eigenvalue weighted by Crippen LogP contribution is 2.20. The van der Waals surface area contributed by atoms with Crippen molar-refractivity contribution in [3.05, 3.63) is 68.2 Å². The number of esters is 1. The number of non-ortho nitro benzene ring substituents is 1. The highest BCUT2D eigenvalue weighted by Gasteiger charge is 2.10. The summed E-state index contributed by atoms with van der Waals surface area (Å²) in [7, 11) is 0. The van der Waals surface area contributed by atoms with Crippen LogP contribution in [0.15, 0.2) is 42.5 Å². The van der Waals surface area contributed by atoms with Crippen molar-refractivity contribution in [2.24, 2.45) is 0 Å². The van der Waals surface area contributed by atoms with Gasteiger partial charge in [0.15, 0.2) is 13.2 Å². The normalized spacial score (nSPS) is 10.1. The van der Waals surface area contributed by atoms with Crippen molar-refractivity contribution >= 4 is 40.8 Å². The Labute approximate surface area is 164 Å². The molecule has 0 aliphatic rings. The Kier molecular flexibility index (Phi) is 7.39. The number of nitrogens with zero attached hydrogens (tertiary/aromatic N) is 1. The summed E-state index contributed by atoms with van der Waals surface area (Å²) in [5.74, 6) is -1.00. The lowest BCUT2D eigenvalue weighted by molar-refractivity contribution is -0.384. The third kappa shape index (κ3) is 6.76. The van der Waals surface area contributed by atoms with Crippen LogP contribution in [0.4, 0.5) is 5.69 Å². The quantitative estimate of drug-likeness (QED) is 0.405. The molecule has 0 spiro atoms. The van der Waals surface area contributed by atoms with Gasteiger partial charge >= 0.3 is 5.97 Å². The maximum Gasteiger partial charge on any atom is 0.344 e. The number of benzene rings is 2. The number of amides is 1. The molecule has 1 amide bonds. The van der Waals surface area contributed by atoms with Crippen LogP contribution in [0.2, 0.25) is 10.0 Å². The second-order valence-electron chi connectivity index (χ2n) is 5.21. The Morgan fingerprint density at radius 2 is 1.78 bits per heavy atom. The fraction of sp³-hybridized carbons (Fsp3) is 0.176. The van der Waals surface area contributed by atoms with Crippen molar-refractivity contribution in [3.63, 3.8) is 0 Å². The molecule has 142 valence electrons. The Morgan fingerprint density at radius 1 is 1.07 bits per heavy atom. The maximum atomic E-state index is 11.7. The Morgan fingerprint density at radius 3 is 2.41 bits per heavy atom. The summed E-state index contributed by atoms with van der Waals surface area (Å²) in [6.45, 7) is -0.756. The lowest BCUT2D eigenvalue weighted by atomic mass is 10.2. The SMILES string of the molecule is O=C(COC(=O)COc1ccc([N+](=O)[O-])cc1)NCc1ccc(Cl)cc1Cl. The minimum Gasteiger partial charge on any atom is -0.482 e. The molecule has 1 N–H and O–H groups in total. The zero-order valence-corrected chi connectivity index (χ0v) is 15.3. The van der Waals surface area contributed by atoms with Gasteiger partial charge < -0.3 is 14.8 Å². The van der Waals surface area contributed by atoms with Gasteiger partial charge in [-0.2, -0.15) is 0 Å². The fourth-order valence-electron chi connectivity index (χ4n) is 1.90. The van der Waals surface area contributed by atoms with E-state index in [0.717, 1.165) is 0 Å². The number of nitro groups is 1. The first-order chi connectivity index (χ1) is 12.8. The zero-order chi connectivity index (χ0) is 19.8. The van der Waals surface area contributed by atoms with Crippen molar-refractivity contribution in [3.8, 4) is 5.75 Å².